The number of hydrogen-bond donors (Lipinski definition) is 2. The van der Waals surface area contributed by atoms with Gasteiger partial charge < -0.3 is 15.0 Å². The minimum absolute atomic E-state index is 0.0350. The third-order valence-corrected chi connectivity index (χ3v) is 5.09. The van der Waals surface area contributed by atoms with Gasteiger partial charge in [-0.25, -0.2) is 0 Å². The Morgan fingerprint density at radius 1 is 1.24 bits per heavy atom. The van der Waals surface area contributed by atoms with Crippen LogP contribution < -0.4 is 5.32 Å². The molecule has 2 N–H and O–H groups in total. The maximum absolute atomic E-state index is 12.6. The molecule has 2 heterocycles. The number of nitrogens with zero attached hydrogens (tertiary/aromatic N) is 1. The minimum atomic E-state index is -0.0350. The van der Waals surface area contributed by atoms with Gasteiger partial charge in [0.1, 0.15) is 5.69 Å². The lowest BCUT2D eigenvalue weighted by atomic mass is 10.0. The van der Waals surface area contributed by atoms with Crippen LogP contribution in [0.25, 0.3) is 10.9 Å². The number of H-pyrrole nitrogens is 1. The van der Waals surface area contributed by atoms with E-state index in [0.717, 1.165) is 37.2 Å². The van der Waals surface area contributed by atoms with E-state index in [1.54, 1.807) is 0 Å². The summed E-state index contributed by atoms with van der Waals surface area (Å²) < 4.78 is 5.45. The Balaban J connectivity index is 1.69. The Bertz CT molecular complexity index is 745. The van der Waals surface area contributed by atoms with Gasteiger partial charge in [-0.3, -0.25) is 9.69 Å². The van der Waals surface area contributed by atoms with E-state index in [4.69, 9.17) is 4.74 Å². The SMILES string of the molecule is Cc1cc(C)c2cc(C(=O)NCC(C(C)C)N3CCOCC3)[nH]c2c1. The van der Waals surface area contributed by atoms with Crippen LogP contribution in [0.5, 0.6) is 0 Å². The van der Waals surface area contributed by atoms with Crippen LogP contribution in [-0.4, -0.2) is 54.7 Å². The van der Waals surface area contributed by atoms with E-state index in [9.17, 15) is 4.79 Å². The van der Waals surface area contributed by atoms with Crippen LogP contribution in [0.4, 0.5) is 0 Å². The van der Waals surface area contributed by atoms with Gasteiger partial charge in [0, 0.05) is 36.6 Å². The fraction of sp³-hybridized carbons (Fsp3) is 0.550. The van der Waals surface area contributed by atoms with Crippen molar-refractivity contribution in [3.63, 3.8) is 0 Å². The molecular formula is C20H29N3O2. The Kier molecular flexibility index (Phi) is 5.45. The van der Waals surface area contributed by atoms with Gasteiger partial charge in [-0.05, 0) is 43.0 Å². The van der Waals surface area contributed by atoms with Crippen LogP contribution in [-0.2, 0) is 4.74 Å². The van der Waals surface area contributed by atoms with Crippen molar-refractivity contribution in [3.05, 3.63) is 35.0 Å². The molecule has 1 aliphatic rings. The van der Waals surface area contributed by atoms with E-state index in [1.165, 1.54) is 11.1 Å². The molecule has 0 saturated carbocycles. The second-order valence-corrected chi connectivity index (χ2v) is 7.40. The van der Waals surface area contributed by atoms with Crippen molar-refractivity contribution in [1.82, 2.24) is 15.2 Å². The number of nitrogens with one attached hydrogen (secondary N) is 2. The molecule has 0 spiro atoms. The number of fused-ring (bicyclic) bond motifs is 1. The number of ether oxygens (including phenoxy) is 1. The summed E-state index contributed by atoms with van der Waals surface area (Å²) in [6.45, 7) is 12.6. The van der Waals surface area contributed by atoms with Crippen molar-refractivity contribution in [1.29, 1.82) is 0 Å². The normalized spacial score (nSPS) is 17.2. The maximum atomic E-state index is 12.6. The van der Waals surface area contributed by atoms with Crippen LogP contribution in [0.15, 0.2) is 18.2 Å². The number of benzene rings is 1. The van der Waals surface area contributed by atoms with Crippen molar-refractivity contribution >= 4 is 16.8 Å². The monoisotopic (exact) mass is 343 g/mol. The summed E-state index contributed by atoms with van der Waals surface area (Å²) in [7, 11) is 0. The molecule has 1 fully saturated rings. The molecular weight excluding hydrogens is 314 g/mol. The summed E-state index contributed by atoms with van der Waals surface area (Å²) >= 11 is 0. The molecule has 136 valence electrons. The van der Waals surface area contributed by atoms with Crippen LogP contribution in [0.2, 0.25) is 0 Å². The van der Waals surface area contributed by atoms with Crippen LogP contribution >= 0.6 is 0 Å². The van der Waals surface area contributed by atoms with E-state index in [0.29, 0.717) is 24.2 Å². The molecule has 5 nitrogen and oxygen atoms in total. The number of amides is 1. The highest BCUT2D eigenvalue weighted by molar-refractivity contribution is 5.99. The fourth-order valence-corrected chi connectivity index (χ4v) is 3.71. The third-order valence-electron chi connectivity index (χ3n) is 5.09. The van der Waals surface area contributed by atoms with Gasteiger partial charge in [-0.2, -0.15) is 0 Å². The van der Waals surface area contributed by atoms with E-state index >= 15 is 0 Å². The van der Waals surface area contributed by atoms with Crippen LogP contribution in [0.1, 0.15) is 35.5 Å². The lowest BCUT2D eigenvalue weighted by Gasteiger charge is -2.36. The van der Waals surface area contributed by atoms with Crippen molar-refractivity contribution in [2.24, 2.45) is 5.92 Å². The molecule has 0 radical (unpaired) electrons. The number of morpholine rings is 1. The van der Waals surface area contributed by atoms with Gasteiger partial charge in [0.2, 0.25) is 0 Å². The first-order valence-electron chi connectivity index (χ1n) is 9.15. The van der Waals surface area contributed by atoms with Gasteiger partial charge >= 0.3 is 0 Å². The van der Waals surface area contributed by atoms with Crippen molar-refractivity contribution < 1.29 is 9.53 Å². The number of carbonyl (C=O) groups excluding carboxylic acids is 1. The molecule has 1 aromatic heterocycles. The number of hydrogen-bond acceptors (Lipinski definition) is 3. The van der Waals surface area contributed by atoms with Gasteiger partial charge in [0.05, 0.1) is 13.2 Å². The molecule has 1 amide bonds. The third kappa shape index (κ3) is 4.05. The molecule has 25 heavy (non-hydrogen) atoms. The second-order valence-electron chi connectivity index (χ2n) is 7.40. The zero-order valence-electron chi connectivity index (χ0n) is 15.7. The molecule has 5 heteroatoms. The second kappa shape index (κ2) is 7.58. The van der Waals surface area contributed by atoms with Crippen molar-refractivity contribution in [2.45, 2.75) is 33.7 Å². The van der Waals surface area contributed by atoms with Crippen molar-refractivity contribution in [3.8, 4) is 0 Å². The molecule has 0 bridgehead atoms. The smallest absolute Gasteiger partial charge is 0.267 e. The standard InChI is InChI=1S/C20H29N3O2/c1-13(2)19(23-5-7-25-8-6-23)12-21-20(24)18-11-16-15(4)9-14(3)10-17(16)22-18/h9-11,13,19,22H,5-8,12H2,1-4H3,(H,21,24). The Hall–Kier alpha value is -1.85. The molecule has 1 aliphatic heterocycles. The van der Waals surface area contributed by atoms with Crippen LogP contribution in [0, 0.1) is 19.8 Å². The highest BCUT2D eigenvalue weighted by atomic mass is 16.5. The number of rotatable bonds is 5. The molecule has 1 atom stereocenters. The predicted octanol–water partition coefficient (Wildman–Crippen LogP) is 2.87. The minimum Gasteiger partial charge on any atom is -0.379 e. The largest absolute Gasteiger partial charge is 0.379 e. The Labute approximate surface area is 149 Å². The summed E-state index contributed by atoms with van der Waals surface area (Å²) in [6.07, 6.45) is 0. The number of aromatic nitrogens is 1. The van der Waals surface area contributed by atoms with Gasteiger partial charge in [0.15, 0.2) is 0 Å². The van der Waals surface area contributed by atoms with Gasteiger partial charge in [-0.15, -0.1) is 0 Å². The molecule has 1 unspecified atom stereocenters. The predicted molar refractivity (Wildman–Crippen MR) is 101 cm³/mol. The zero-order valence-corrected chi connectivity index (χ0v) is 15.7. The molecule has 3 rings (SSSR count). The first-order valence-corrected chi connectivity index (χ1v) is 9.15. The summed E-state index contributed by atoms with van der Waals surface area (Å²) in [5.74, 6) is 0.443. The van der Waals surface area contributed by atoms with Gasteiger partial charge in [0.25, 0.3) is 5.91 Å². The van der Waals surface area contributed by atoms with Crippen LogP contribution in [0.3, 0.4) is 0 Å². The van der Waals surface area contributed by atoms with E-state index in [1.807, 2.05) is 6.07 Å². The highest BCUT2D eigenvalue weighted by Gasteiger charge is 2.24. The Morgan fingerprint density at radius 2 is 1.96 bits per heavy atom. The Morgan fingerprint density at radius 3 is 2.64 bits per heavy atom. The maximum Gasteiger partial charge on any atom is 0.267 e. The van der Waals surface area contributed by atoms with E-state index in [-0.39, 0.29) is 5.91 Å². The molecule has 2 aromatic rings. The summed E-state index contributed by atoms with van der Waals surface area (Å²) in [5.41, 5.74) is 4.05. The summed E-state index contributed by atoms with van der Waals surface area (Å²) in [5, 5.41) is 4.24. The topological polar surface area (TPSA) is 57.4 Å². The number of carbonyl (C=O) groups is 1. The zero-order chi connectivity index (χ0) is 18.0. The first kappa shape index (κ1) is 18.0. The molecule has 1 saturated heterocycles. The fourth-order valence-electron chi connectivity index (χ4n) is 3.71. The number of aromatic amines is 1. The first-order chi connectivity index (χ1) is 12.0. The average Bonchev–Trinajstić information content (AvgIpc) is 3.00. The van der Waals surface area contributed by atoms with E-state index < -0.39 is 0 Å². The summed E-state index contributed by atoms with van der Waals surface area (Å²) in [4.78, 5) is 18.3. The van der Waals surface area contributed by atoms with Gasteiger partial charge in [-0.1, -0.05) is 19.9 Å². The summed E-state index contributed by atoms with van der Waals surface area (Å²) in [6, 6.07) is 6.52. The average molecular weight is 343 g/mol. The molecule has 0 aliphatic carbocycles. The van der Waals surface area contributed by atoms with E-state index in [2.05, 4.69) is 55.0 Å². The highest BCUT2D eigenvalue weighted by Crippen LogP contribution is 2.21. The molecule has 1 aromatic carbocycles. The van der Waals surface area contributed by atoms with Crippen molar-refractivity contribution in [2.75, 3.05) is 32.8 Å². The lowest BCUT2D eigenvalue weighted by Crippen LogP contribution is -2.51. The quantitative estimate of drug-likeness (QED) is 0.878. The lowest BCUT2D eigenvalue weighted by molar-refractivity contribution is 0.00671. The number of aryl methyl sites for hydroxylation is 2.